The molecule has 1 heterocycles. The number of carbonyl (C=O) groups is 1. The maximum atomic E-state index is 11.3. The Bertz CT molecular complexity index is 379. The molecule has 0 bridgehead atoms. The molecule has 1 unspecified atom stereocenters. The van der Waals surface area contributed by atoms with Gasteiger partial charge in [0.15, 0.2) is 5.78 Å². The predicted molar refractivity (Wildman–Crippen MR) is 50.8 cm³/mol. The van der Waals surface area contributed by atoms with Gasteiger partial charge in [-0.1, -0.05) is 6.07 Å². The van der Waals surface area contributed by atoms with E-state index in [1.54, 1.807) is 19.2 Å². The van der Waals surface area contributed by atoms with Crippen LogP contribution in [0, 0.1) is 6.92 Å². The van der Waals surface area contributed by atoms with Gasteiger partial charge in [0.2, 0.25) is 0 Å². The van der Waals surface area contributed by atoms with Crippen molar-refractivity contribution in [3.8, 4) is 0 Å². The summed E-state index contributed by atoms with van der Waals surface area (Å²) in [5.41, 5.74) is 0.848. The summed E-state index contributed by atoms with van der Waals surface area (Å²) in [5, 5.41) is 0. The van der Waals surface area contributed by atoms with Crippen LogP contribution in [0.25, 0.3) is 0 Å². The third-order valence-electron chi connectivity index (χ3n) is 2.09. The molecule has 70 valence electrons. The van der Waals surface area contributed by atoms with Crippen LogP contribution in [0.5, 0.6) is 0 Å². The van der Waals surface area contributed by atoms with Crippen LogP contribution in [0.15, 0.2) is 23.1 Å². The normalized spacial score (nSPS) is 12.5. The van der Waals surface area contributed by atoms with E-state index in [0.29, 0.717) is 0 Å². The number of hydrogen-bond donors (Lipinski definition) is 0. The van der Waals surface area contributed by atoms with Crippen molar-refractivity contribution >= 4 is 5.78 Å². The zero-order chi connectivity index (χ0) is 10.0. The predicted octanol–water partition coefficient (Wildman–Crippen LogP) is 1.31. The lowest BCUT2D eigenvalue weighted by atomic mass is 10.2. The van der Waals surface area contributed by atoms with Crippen molar-refractivity contribution in [2.24, 2.45) is 0 Å². The zero-order valence-electron chi connectivity index (χ0n) is 8.07. The van der Waals surface area contributed by atoms with Gasteiger partial charge in [-0.15, -0.1) is 0 Å². The highest BCUT2D eigenvalue weighted by Gasteiger charge is 2.10. The van der Waals surface area contributed by atoms with Crippen molar-refractivity contribution in [1.29, 1.82) is 0 Å². The second-order valence-corrected chi connectivity index (χ2v) is 3.24. The number of aryl methyl sites for hydroxylation is 1. The standard InChI is InChI=1S/C10H13NO2/c1-7-4-5-10(13)11(6-7)8(2)9(3)12/h4-6,8H,1-3H3. The number of hydrogen-bond acceptors (Lipinski definition) is 2. The molecule has 0 saturated carbocycles. The van der Waals surface area contributed by atoms with Crippen LogP contribution in [0.3, 0.4) is 0 Å². The van der Waals surface area contributed by atoms with Gasteiger partial charge in [-0.05, 0) is 26.3 Å². The van der Waals surface area contributed by atoms with Gasteiger partial charge in [0, 0.05) is 12.3 Å². The molecule has 0 amide bonds. The number of pyridine rings is 1. The topological polar surface area (TPSA) is 39.1 Å². The first-order valence-corrected chi connectivity index (χ1v) is 4.21. The summed E-state index contributed by atoms with van der Waals surface area (Å²) in [6.07, 6.45) is 1.70. The fraction of sp³-hybridized carbons (Fsp3) is 0.400. The minimum Gasteiger partial charge on any atom is -0.305 e. The minimum atomic E-state index is -0.368. The van der Waals surface area contributed by atoms with Crippen molar-refractivity contribution in [2.45, 2.75) is 26.8 Å². The first-order chi connectivity index (χ1) is 6.02. The second-order valence-electron chi connectivity index (χ2n) is 3.24. The van der Waals surface area contributed by atoms with Crippen LogP contribution in [-0.2, 0) is 4.79 Å². The van der Waals surface area contributed by atoms with Gasteiger partial charge in [-0.3, -0.25) is 9.59 Å². The average molecular weight is 179 g/mol. The van der Waals surface area contributed by atoms with Gasteiger partial charge < -0.3 is 4.57 Å². The van der Waals surface area contributed by atoms with E-state index >= 15 is 0 Å². The van der Waals surface area contributed by atoms with E-state index in [9.17, 15) is 9.59 Å². The summed E-state index contributed by atoms with van der Waals surface area (Å²) >= 11 is 0. The highest BCUT2D eigenvalue weighted by molar-refractivity contribution is 5.79. The smallest absolute Gasteiger partial charge is 0.251 e. The molecule has 0 radical (unpaired) electrons. The molecular formula is C10H13NO2. The Kier molecular flexibility index (Phi) is 2.66. The molecular weight excluding hydrogens is 166 g/mol. The number of Topliss-reactive ketones (excluding diaryl/α,β-unsaturated/α-hetero) is 1. The maximum absolute atomic E-state index is 11.3. The third-order valence-corrected chi connectivity index (χ3v) is 2.09. The molecule has 0 aliphatic rings. The Labute approximate surface area is 77.0 Å². The van der Waals surface area contributed by atoms with E-state index in [2.05, 4.69) is 0 Å². The van der Waals surface area contributed by atoms with Crippen LogP contribution in [0.1, 0.15) is 25.5 Å². The first-order valence-electron chi connectivity index (χ1n) is 4.21. The SMILES string of the molecule is CC(=O)C(C)n1cc(C)ccc1=O. The van der Waals surface area contributed by atoms with Crippen LogP contribution >= 0.6 is 0 Å². The van der Waals surface area contributed by atoms with Gasteiger partial charge in [0.25, 0.3) is 5.56 Å². The van der Waals surface area contributed by atoms with E-state index in [-0.39, 0.29) is 17.4 Å². The lowest BCUT2D eigenvalue weighted by Gasteiger charge is -2.11. The Morgan fingerprint density at radius 1 is 1.46 bits per heavy atom. The second kappa shape index (κ2) is 3.56. The van der Waals surface area contributed by atoms with E-state index < -0.39 is 0 Å². The van der Waals surface area contributed by atoms with Gasteiger partial charge in [0.1, 0.15) is 0 Å². The molecule has 3 heteroatoms. The number of aromatic nitrogens is 1. The number of nitrogens with zero attached hydrogens (tertiary/aromatic N) is 1. The summed E-state index contributed by atoms with van der Waals surface area (Å²) < 4.78 is 1.46. The highest BCUT2D eigenvalue weighted by atomic mass is 16.1. The summed E-state index contributed by atoms with van der Waals surface area (Å²) in [7, 11) is 0. The molecule has 13 heavy (non-hydrogen) atoms. The van der Waals surface area contributed by atoms with E-state index in [1.165, 1.54) is 17.6 Å². The van der Waals surface area contributed by atoms with Crippen LogP contribution in [0.4, 0.5) is 0 Å². The molecule has 0 aliphatic heterocycles. The number of ketones is 1. The molecule has 1 aromatic rings. The van der Waals surface area contributed by atoms with Crippen molar-refractivity contribution in [3.63, 3.8) is 0 Å². The summed E-state index contributed by atoms with van der Waals surface area (Å²) in [5.74, 6) is -0.00676. The van der Waals surface area contributed by atoms with Gasteiger partial charge >= 0.3 is 0 Å². The molecule has 1 atom stereocenters. The lowest BCUT2D eigenvalue weighted by molar-refractivity contribution is -0.119. The monoisotopic (exact) mass is 179 g/mol. The molecule has 0 spiro atoms. The molecule has 1 rings (SSSR count). The van der Waals surface area contributed by atoms with Crippen LogP contribution < -0.4 is 5.56 Å². The summed E-state index contributed by atoms with van der Waals surface area (Å²) in [6, 6.07) is 2.85. The zero-order valence-corrected chi connectivity index (χ0v) is 8.07. The maximum Gasteiger partial charge on any atom is 0.251 e. The number of carbonyl (C=O) groups excluding carboxylic acids is 1. The van der Waals surface area contributed by atoms with Crippen LogP contribution in [0.2, 0.25) is 0 Å². The summed E-state index contributed by atoms with van der Waals surface area (Å²) in [4.78, 5) is 22.4. The van der Waals surface area contributed by atoms with Crippen molar-refractivity contribution in [1.82, 2.24) is 4.57 Å². The molecule has 1 aromatic heterocycles. The third kappa shape index (κ3) is 2.05. The summed E-state index contributed by atoms with van der Waals surface area (Å²) in [6.45, 7) is 5.10. The first kappa shape index (κ1) is 9.71. The Balaban J connectivity index is 3.21. The Morgan fingerprint density at radius 3 is 2.62 bits per heavy atom. The van der Waals surface area contributed by atoms with Crippen LogP contribution in [-0.4, -0.2) is 10.4 Å². The number of rotatable bonds is 2. The average Bonchev–Trinajstić information content (AvgIpc) is 2.08. The van der Waals surface area contributed by atoms with Gasteiger partial charge in [-0.25, -0.2) is 0 Å². The quantitative estimate of drug-likeness (QED) is 0.686. The lowest BCUT2D eigenvalue weighted by Crippen LogP contribution is -2.25. The molecule has 0 aromatic carbocycles. The minimum absolute atomic E-state index is 0.00676. The van der Waals surface area contributed by atoms with Gasteiger partial charge in [0.05, 0.1) is 6.04 Å². The molecule has 0 fully saturated rings. The molecule has 0 N–H and O–H groups in total. The van der Waals surface area contributed by atoms with Gasteiger partial charge in [-0.2, -0.15) is 0 Å². The van der Waals surface area contributed by atoms with E-state index in [0.717, 1.165) is 5.56 Å². The molecule has 0 saturated heterocycles. The Hall–Kier alpha value is -1.38. The van der Waals surface area contributed by atoms with E-state index in [1.807, 2.05) is 6.92 Å². The largest absolute Gasteiger partial charge is 0.305 e. The molecule has 0 aliphatic carbocycles. The molecule has 3 nitrogen and oxygen atoms in total. The van der Waals surface area contributed by atoms with Crippen molar-refractivity contribution in [3.05, 3.63) is 34.2 Å². The van der Waals surface area contributed by atoms with Crippen molar-refractivity contribution in [2.75, 3.05) is 0 Å². The Morgan fingerprint density at radius 2 is 2.08 bits per heavy atom. The fourth-order valence-electron chi connectivity index (χ4n) is 1.11. The fourth-order valence-corrected chi connectivity index (χ4v) is 1.11. The van der Waals surface area contributed by atoms with E-state index in [4.69, 9.17) is 0 Å². The highest BCUT2D eigenvalue weighted by Crippen LogP contribution is 2.04. The van der Waals surface area contributed by atoms with Crippen molar-refractivity contribution < 1.29 is 4.79 Å².